The van der Waals surface area contributed by atoms with Gasteiger partial charge in [-0.1, -0.05) is 48.8 Å². The molecule has 1 aromatic rings. The molecule has 0 spiro atoms. The molecule has 0 aliphatic rings. The van der Waals surface area contributed by atoms with E-state index >= 15 is 0 Å². The van der Waals surface area contributed by atoms with Gasteiger partial charge in [-0.3, -0.25) is 0 Å². The molecular formula is C11H18BrNO. The second-order valence-corrected chi connectivity index (χ2v) is 5.54. The number of hydrogen-bond acceptors (Lipinski definition) is 2. The van der Waals surface area contributed by atoms with Crippen LogP contribution in [0, 0.1) is 0 Å². The van der Waals surface area contributed by atoms with Gasteiger partial charge >= 0.3 is 0 Å². The third-order valence-electron chi connectivity index (χ3n) is 2.31. The molecule has 0 N–H and O–H groups in total. The lowest BCUT2D eigenvalue weighted by molar-refractivity contribution is 0.324. The molecule has 1 atom stereocenters. The van der Waals surface area contributed by atoms with Gasteiger partial charge in [0, 0.05) is 22.7 Å². The van der Waals surface area contributed by atoms with Crippen LogP contribution in [0.25, 0.3) is 0 Å². The zero-order valence-corrected chi connectivity index (χ0v) is 10.9. The van der Waals surface area contributed by atoms with Crippen molar-refractivity contribution in [1.82, 2.24) is 5.16 Å². The van der Waals surface area contributed by atoms with E-state index in [2.05, 4.69) is 54.8 Å². The third kappa shape index (κ3) is 2.84. The smallest absolute Gasteiger partial charge is 0.142 e. The summed E-state index contributed by atoms with van der Waals surface area (Å²) in [4.78, 5) is 0. The van der Waals surface area contributed by atoms with Crippen LogP contribution in [0.2, 0.25) is 0 Å². The standard InChI is InChI=1S/C11H18BrNO/c1-8(5-6-12)9-7-10(14-13-9)11(2,3)4/h7-8H,5-6H2,1-4H3. The predicted molar refractivity (Wildman–Crippen MR) is 62.0 cm³/mol. The van der Waals surface area contributed by atoms with Gasteiger partial charge in [0.05, 0.1) is 5.69 Å². The van der Waals surface area contributed by atoms with Crippen molar-refractivity contribution in [2.24, 2.45) is 0 Å². The number of rotatable bonds is 3. The summed E-state index contributed by atoms with van der Waals surface area (Å²) in [5.41, 5.74) is 1.12. The molecule has 0 aromatic carbocycles. The van der Waals surface area contributed by atoms with Gasteiger partial charge in [0.15, 0.2) is 0 Å². The van der Waals surface area contributed by atoms with Crippen molar-refractivity contribution in [2.45, 2.75) is 45.4 Å². The van der Waals surface area contributed by atoms with Gasteiger partial charge in [0.25, 0.3) is 0 Å². The Labute approximate surface area is 94.2 Å². The van der Waals surface area contributed by atoms with Crippen LogP contribution in [-0.4, -0.2) is 10.5 Å². The summed E-state index contributed by atoms with van der Waals surface area (Å²) >= 11 is 3.44. The highest BCUT2D eigenvalue weighted by Crippen LogP contribution is 2.26. The van der Waals surface area contributed by atoms with Gasteiger partial charge in [-0.25, -0.2) is 0 Å². The molecule has 0 bridgehead atoms. The van der Waals surface area contributed by atoms with E-state index in [1.165, 1.54) is 0 Å². The molecule has 0 amide bonds. The largest absolute Gasteiger partial charge is 0.361 e. The quantitative estimate of drug-likeness (QED) is 0.771. The Morgan fingerprint density at radius 1 is 1.50 bits per heavy atom. The van der Waals surface area contributed by atoms with E-state index in [9.17, 15) is 0 Å². The molecule has 3 heteroatoms. The van der Waals surface area contributed by atoms with Crippen molar-refractivity contribution in [3.8, 4) is 0 Å². The minimum atomic E-state index is 0.0549. The normalized spacial score (nSPS) is 14.4. The highest BCUT2D eigenvalue weighted by molar-refractivity contribution is 9.09. The Morgan fingerprint density at radius 2 is 2.14 bits per heavy atom. The molecule has 2 nitrogen and oxygen atoms in total. The lowest BCUT2D eigenvalue weighted by atomic mass is 9.92. The number of alkyl halides is 1. The SMILES string of the molecule is CC(CCBr)c1cc(C(C)(C)C)on1. The van der Waals surface area contributed by atoms with E-state index in [0.717, 1.165) is 23.2 Å². The maximum atomic E-state index is 5.33. The Balaban J connectivity index is 2.78. The molecule has 0 aliphatic heterocycles. The first-order valence-corrected chi connectivity index (χ1v) is 6.10. The Bertz CT molecular complexity index is 288. The van der Waals surface area contributed by atoms with E-state index in [4.69, 9.17) is 4.52 Å². The summed E-state index contributed by atoms with van der Waals surface area (Å²) in [5.74, 6) is 1.43. The van der Waals surface area contributed by atoms with Gasteiger partial charge in [0.2, 0.25) is 0 Å². The van der Waals surface area contributed by atoms with Crippen molar-refractivity contribution in [2.75, 3.05) is 5.33 Å². The monoisotopic (exact) mass is 259 g/mol. The highest BCUT2D eigenvalue weighted by atomic mass is 79.9. The molecule has 0 fully saturated rings. The zero-order valence-electron chi connectivity index (χ0n) is 9.30. The van der Waals surface area contributed by atoms with Gasteiger partial charge in [-0.15, -0.1) is 0 Å². The number of aromatic nitrogens is 1. The average molecular weight is 260 g/mol. The minimum Gasteiger partial charge on any atom is -0.361 e. The van der Waals surface area contributed by atoms with Crippen LogP contribution in [0.1, 0.15) is 51.5 Å². The Hall–Kier alpha value is -0.310. The van der Waals surface area contributed by atoms with Crippen molar-refractivity contribution in [3.63, 3.8) is 0 Å². The van der Waals surface area contributed by atoms with E-state index in [1.54, 1.807) is 0 Å². The zero-order chi connectivity index (χ0) is 10.8. The fourth-order valence-electron chi connectivity index (χ4n) is 1.19. The topological polar surface area (TPSA) is 26.0 Å². The second kappa shape index (κ2) is 4.47. The molecule has 0 saturated carbocycles. The first-order chi connectivity index (χ1) is 6.45. The fourth-order valence-corrected chi connectivity index (χ4v) is 1.87. The lowest BCUT2D eigenvalue weighted by Crippen LogP contribution is -2.09. The number of hydrogen-bond donors (Lipinski definition) is 0. The number of halogens is 1. The number of nitrogens with zero attached hydrogens (tertiary/aromatic N) is 1. The van der Waals surface area contributed by atoms with Crippen molar-refractivity contribution < 1.29 is 4.52 Å². The highest BCUT2D eigenvalue weighted by Gasteiger charge is 2.21. The van der Waals surface area contributed by atoms with Gasteiger partial charge in [0.1, 0.15) is 5.76 Å². The predicted octanol–water partition coefficient (Wildman–Crippen LogP) is 3.86. The van der Waals surface area contributed by atoms with Crippen LogP contribution < -0.4 is 0 Å². The molecule has 1 heterocycles. The van der Waals surface area contributed by atoms with Crippen molar-refractivity contribution >= 4 is 15.9 Å². The van der Waals surface area contributed by atoms with Crippen LogP contribution in [0.3, 0.4) is 0 Å². The van der Waals surface area contributed by atoms with Crippen LogP contribution in [0.4, 0.5) is 0 Å². The molecule has 1 rings (SSSR count). The molecule has 14 heavy (non-hydrogen) atoms. The first-order valence-electron chi connectivity index (χ1n) is 4.98. The summed E-state index contributed by atoms with van der Waals surface area (Å²) in [6.07, 6.45) is 1.09. The van der Waals surface area contributed by atoms with E-state index < -0.39 is 0 Å². The average Bonchev–Trinajstić information content (AvgIpc) is 2.51. The maximum absolute atomic E-state index is 5.33. The van der Waals surface area contributed by atoms with E-state index in [0.29, 0.717) is 5.92 Å². The summed E-state index contributed by atoms with van der Waals surface area (Å²) < 4.78 is 5.33. The second-order valence-electron chi connectivity index (χ2n) is 4.74. The van der Waals surface area contributed by atoms with E-state index in [1.807, 2.05) is 0 Å². The summed E-state index contributed by atoms with van der Waals surface area (Å²) in [7, 11) is 0. The molecule has 0 saturated heterocycles. The summed E-state index contributed by atoms with van der Waals surface area (Å²) in [6.45, 7) is 8.57. The van der Waals surface area contributed by atoms with Crippen LogP contribution in [-0.2, 0) is 5.41 Å². The van der Waals surface area contributed by atoms with Crippen LogP contribution >= 0.6 is 15.9 Å². The summed E-state index contributed by atoms with van der Waals surface area (Å²) in [6, 6.07) is 2.08. The molecule has 80 valence electrons. The van der Waals surface area contributed by atoms with Gasteiger partial charge < -0.3 is 4.52 Å². The maximum Gasteiger partial charge on any atom is 0.142 e. The lowest BCUT2D eigenvalue weighted by Gasteiger charge is -2.12. The molecule has 0 aliphatic carbocycles. The van der Waals surface area contributed by atoms with Crippen molar-refractivity contribution in [3.05, 3.63) is 17.5 Å². The van der Waals surface area contributed by atoms with Gasteiger partial charge in [-0.2, -0.15) is 0 Å². The van der Waals surface area contributed by atoms with E-state index in [-0.39, 0.29) is 5.41 Å². The molecule has 1 aromatic heterocycles. The minimum absolute atomic E-state index is 0.0549. The summed E-state index contributed by atoms with van der Waals surface area (Å²) in [5, 5.41) is 5.11. The Morgan fingerprint density at radius 3 is 2.57 bits per heavy atom. The van der Waals surface area contributed by atoms with Gasteiger partial charge in [-0.05, 0) is 6.42 Å². The Kier molecular flexibility index (Phi) is 3.76. The molecule has 0 radical (unpaired) electrons. The van der Waals surface area contributed by atoms with Crippen LogP contribution in [0.15, 0.2) is 10.6 Å². The van der Waals surface area contributed by atoms with Crippen molar-refractivity contribution in [1.29, 1.82) is 0 Å². The molecule has 1 unspecified atom stereocenters. The third-order valence-corrected chi connectivity index (χ3v) is 2.77. The van der Waals surface area contributed by atoms with Crippen LogP contribution in [0.5, 0.6) is 0 Å². The molecular weight excluding hydrogens is 242 g/mol. The first kappa shape index (κ1) is 11.8. The fraction of sp³-hybridized carbons (Fsp3) is 0.727.